The van der Waals surface area contributed by atoms with Crippen molar-refractivity contribution >= 4 is 29.3 Å². The first kappa shape index (κ1) is 20.5. The molecule has 0 spiro atoms. The van der Waals surface area contributed by atoms with E-state index in [4.69, 9.17) is 14.7 Å². The molecule has 0 atom stereocenters. The molecule has 2 aromatic carbocycles. The summed E-state index contributed by atoms with van der Waals surface area (Å²) >= 11 is 0. The first-order valence-electron chi connectivity index (χ1n) is 8.96. The van der Waals surface area contributed by atoms with Gasteiger partial charge < -0.3 is 14.4 Å². The summed E-state index contributed by atoms with van der Waals surface area (Å²) in [6, 6.07) is 13.7. The molecule has 0 N–H and O–H groups in total. The Hall–Kier alpha value is -4.19. The van der Waals surface area contributed by atoms with Crippen LogP contribution in [0.2, 0.25) is 0 Å². The Kier molecular flexibility index (Phi) is 6.08. The Morgan fingerprint density at radius 1 is 1.30 bits per heavy atom. The van der Waals surface area contributed by atoms with Crippen molar-refractivity contribution < 1.29 is 19.2 Å². The van der Waals surface area contributed by atoms with E-state index in [1.54, 1.807) is 6.08 Å². The molecular weight excluding hydrogens is 388 g/mol. The van der Waals surface area contributed by atoms with Gasteiger partial charge in [0.1, 0.15) is 0 Å². The fourth-order valence-electron chi connectivity index (χ4n) is 2.83. The molecule has 0 radical (unpaired) electrons. The highest BCUT2D eigenvalue weighted by Gasteiger charge is 2.26. The lowest BCUT2D eigenvalue weighted by Crippen LogP contribution is -2.17. The maximum absolute atomic E-state index is 12.2. The number of nitro groups is 1. The average molecular weight is 406 g/mol. The molecule has 0 saturated carbocycles. The van der Waals surface area contributed by atoms with Crippen LogP contribution >= 0.6 is 0 Å². The van der Waals surface area contributed by atoms with E-state index in [2.05, 4.69) is 11.1 Å². The van der Waals surface area contributed by atoms with Crippen LogP contribution in [0.4, 0.5) is 11.4 Å². The number of aliphatic imine (C=N–C) groups is 1. The van der Waals surface area contributed by atoms with E-state index in [1.807, 2.05) is 36.2 Å². The number of benzene rings is 2. The minimum absolute atomic E-state index is 0.00939. The van der Waals surface area contributed by atoms with Crippen LogP contribution in [0.25, 0.3) is 6.08 Å². The summed E-state index contributed by atoms with van der Waals surface area (Å²) in [4.78, 5) is 29.0. The van der Waals surface area contributed by atoms with Crippen LogP contribution in [0.3, 0.4) is 0 Å². The molecule has 0 fully saturated rings. The highest BCUT2D eigenvalue weighted by molar-refractivity contribution is 6.13. The second-order valence-electron chi connectivity index (χ2n) is 6.40. The quantitative estimate of drug-likeness (QED) is 0.300. The van der Waals surface area contributed by atoms with Crippen molar-refractivity contribution in [3.05, 3.63) is 69.4 Å². The Balaban J connectivity index is 1.84. The van der Waals surface area contributed by atoms with E-state index in [-0.39, 0.29) is 23.0 Å². The Labute approximate surface area is 172 Å². The molecule has 0 aliphatic carbocycles. The Morgan fingerprint density at radius 2 is 2.03 bits per heavy atom. The molecular formula is C21H18N4O5. The standard InChI is InChI=1S/C21H18N4O5/c1-24(11-3-10-22)16-7-4-14(5-8-16)12-17-21(26)30-20(23-17)15-6-9-19(29-2)18(13-15)25(27)28/h4-9,12-13H,3,11H2,1-2H3/b17-12-. The summed E-state index contributed by atoms with van der Waals surface area (Å²) in [7, 11) is 3.23. The molecule has 0 bridgehead atoms. The summed E-state index contributed by atoms with van der Waals surface area (Å²) in [5.74, 6) is -0.548. The van der Waals surface area contributed by atoms with E-state index in [0.29, 0.717) is 18.5 Å². The summed E-state index contributed by atoms with van der Waals surface area (Å²) in [5, 5.41) is 19.9. The van der Waals surface area contributed by atoms with E-state index in [0.717, 1.165) is 11.3 Å². The molecule has 0 unspecified atom stereocenters. The van der Waals surface area contributed by atoms with Crippen molar-refractivity contribution in [3.8, 4) is 11.8 Å². The molecule has 152 valence electrons. The Bertz CT molecular complexity index is 1080. The number of esters is 1. The topological polar surface area (TPSA) is 118 Å². The number of anilines is 1. The van der Waals surface area contributed by atoms with Gasteiger partial charge in [0.05, 0.1) is 24.5 Å². The molecule has 30 heavy (non-hydrogen) atoms. The fourth-order valence-corrected chi connectivity index (χ4v) is 2.83. The summed E-state index contributed by atoms with van der Waals surface area (Å²) in [5.41, 5.74) is 1.83. The van der Waals surface area contributed by atoms with Gasteiger partial charge >= 0.3 is 11.7 Å². The van der Waals surface area contributed by atoms with Gasteiger partial charge in [0.2, 0.25) is 5.90 Å². The predicted molar refractivity (Wildman–Crippen MR) is 110 cm³/mol. The van der Waals surface area contributed by atoms with Crippen molar-refractivity contribution in [1.82, 2.24) is 0 Å². The van der Waals surface area contributed by atoms with Gasteiger partial charge in [0.25, 0.3) is 0 Å². The second-order valence-corrected chi connectivity index (χ2v) is 6.40. The third kappa shape index (κ3) is 4.44. The molecule has 0 amide bonds. The lowest BCUT2D eigenvalue weighted by molar-refractivity contribution is -0.385. The predicted octanol–water partition coefficient (Wildman–Crippen LogP) is 3.30. The molecule has 3 rings (SSSR count). The molecule has 2 aromatic rings. The zero-order chi connectivity index (χ0) is 21.7. The van der Waals surface area contributed by atoms with Gasteiger partial charge in [-0.25, -0.2) is 9.79 Å². The minimum atomic E-state index is -0.640. The minimum Gasteiger partial charge on any atom is -0.490 e. The highest BCUT2D eigenvalue weighted by atomic mass is 16.6. The van der Waals surface area contributed by atoms with Gasteiger partial charge in [-0.1, -0.05) is 12.1 Å². The third-order valence-electron chi connectivity index (χ3n) is 4.44. The van der Waals surface area contributed by atoms with Gasteiger partial charge in [-0.05, 0) is 35.9 Å². The molecule has 9 heteroatoms. The number of ether oxygens (including phenoxy) is 2. The van der Waals surface area contributed by atoms with Crippen LogP contribution in [0, 0.1) is 21.4 Å². The van der Waals surface area contributed by atoms with E-state index >= 15 is 0 Å². The van der Waals surface area contributed by atoms with Gasteiger partial charge in [-0.15, -0.1) is 0 Å². The SMILES string of the molecule is COc1ccc(C2=N/C(=C\c3ccc(N(C)CCC#N)cc3)C(=O)O2)cc1[N+](=O)[O-]. The number of nitriles is 1. The zero-order valence-electron chi connectivity index (χ0n) is 16.4. The van der Waals surface area contributed by atoms with Crippen LogP contribution in [-0.2, 0) is 9.53 Å². The number of carbonyl (C=O) groups excluding carboxylic acids is 1. The zero-order valence-corrected chi connectivity index (χ0v) is 16.4. The van der Waals surface area contributed by atoms with Crippen molar-refractivity contribution in [2.45, 2.75) is 6.42 Å². The number of rotatable bonds is 7. The molecule has 9 nitrogen and oxygen atoms in total. The van der Waals surface area contributed by atoms with Crippen LogP contribution in [0.5, 0.6) is 5.75 Å². The first-order chi connectivity index (χ1) is 14.4. The maximum Gasteiger partial charge on any atom is 0.363 e. The smallest absolute Gasteiger partial charge is 0.363 e. The van der Waals surface area contributed by atoms with Gasteiger partial charge in [-0.3, -0.25) is 10.1 Å². The lowest BCUT2D eigenvalue weighted by Gasteiger charge is -2.17. The number of cyclic esters (lactones) is 1. The number of hydrogen-bond donors (Lipinski definition) is 0. The molecule has 1 aliphatic heterocycles. The van der Waals surface area contributed by atoms with Gasteiger partial charge in [0, 0.05) is 30.9 Å². The highest BCUT2D eigenvalue weighted by Crippen LogP contribution is 2.29. The normalized spacial score (nSPS) is 14.1. The van der Waals surface area contributed by atoms with Crippen LogP contribution in [0.15, 0.2) is 53.2 Å². The second kappa shape index (κ2) is 8.87. The summed E-state index contributed by atoms with van der Waals surface area (Å²) in [6.07, 6.45) is 2.00. The Morgan fingerprint density at radius 3 is 2.67 bits per heavy atom. The number of nitrogens with zero attached hydrogens (tertiary/aromatic N) is 4. The number of methoxy groups -OCH3 is 1. The lowest BCUT2D eigenvalue weighted by atomic mass is 10.1. The van der Waals surface area contributed by atoms with E-state index in [9.17, 15) is 14.9 Å². The van der Waals surface area contributed by atoms with Crippen LogP contribution in [-0.4, -0.2) is 37.5 Å². The largest absolute Gasteiger partial charge is 0.490 e. The maximum atomic E-state index is 12.2. The molecule has 1 heterocycles. The summed E-state index contributed by atoms with van der Waals surface area (Å²) in [6.45, 7) is 0.616. The number of hydrogen-bond acceptors (Lipinski definition) is 8. The number of carbonyl (C=O) groups is 1. The monoisotopic (exact) mass is 406 g/mol. The summed E-state index contributed by atoms with van der Waals surface area (Å²) < 4.78 is 10.2. The van der Waals surface area contributed by atoms with Crippen LogP contribution < -0.4 is 9.64 Å². The fraction of sp³-hybridized carbons (Fsp3) is 0.190. The number of nitro benzene ring substituents is 1. The van der Waals surface area contributed by atoms with Crippen molar-refractivity contribution in [3.63, 3.8) is 0 Å². The van der Waals surface area contributed by atoms with Crippen molar-refractivity contribution in [2.75, 3.05) is 25.6 Å². The third-order valence-corrected chi connectivity index (χ3v) is 4.44. The van der Waals surface area contributed by atoms with Crippen LogP contribution in [0.1, 0.15) is 17.5 Å². The van der Waals surface area contributed by atoms with Gasteiger partial charge in [0.15, 0.2) is 11.4 Å². The molecule has 1 aliphatic rings. The molecule has 0 saturated heterocycles. The van der Waals surface area contributed by atoms with Gasteiger partial charge in [-0.2, -0.15) is 5.26 Å². The first-order valence-corrected chi connectivity index (χ1v) is 8.96. The molecule has 0 aromatic heterocycles. The van der Waals surface area contributed by atoms with Crippen molar-refractivity contribution in [2.24, 2.45) is 4.99 Å². The average Bonchev–Trinajstić information content (AvgIpc) is 3.12. The van der Waals surface area contributed by atoms with E-state index in [1.165, 1.54) is 25.3 Å². The van der Waals surface area contributed by atoms with Crippen molar-refractivity contribution in [1.29, 1.82) is 5.26 Å². The van der Waals surface area contributed by atoms with E-state index < -0.39 is 10.9 Å².